The number of carbonyl (C=O) groups is 2. The van der Waals surface area contributed by atoms with E-state index in [0.717, 1.165) is 44.9 Å². The number of hydrogen-bond acceptors (Lipinski definition) is 9. The molecule has 1 aliphatic heterocycles. The second-order valence-corrected chi connectivity index (χ2v) is 9.35. The predicted molar refractivity (Wildman–Crippen MR) is 146 cm³/mol. The lowest BCUT2D eigenvalue weighted by Gasteiger charge is -2.31. The molecule has 0 saturated heterocycles. The van der Waals surface area contributed by atoms with E-state index in [1.165, 1.54) is 0 Å². The van der Waals surface area contributed by atoms with Crippen LogP contribution in [0.5, 0.6) is 5.75 Å². The summed E-state index contributed by atoms with van der Waals surface area (Å²) in [6.45, 7) is 8.20. The number of carbonyl (C=O) groups excluding carboxylic acids is 2. The number of dihydropyridines is 1. The number of para-hydroxylation sites is 1. The fraction of sp³-hybridized carbons (Fsp3) is 0.586. The first-order chi connectivity index (χ1) is 18.8. The van der Waals surface area contributed by atoms with Crippen LogP contribution in [0.2, 0.25) is 0 Å². The van der Waals surface area contributed by atoms with E-state index in [0.29, 0.717) is 46.9 Å². The third-order valence-corrected chi connectivity index (χ3v) is 6.47. The molecule has 1 heterocycles. The van der Waals surface area contributed by atoms with Crippen molar-refractivity contribution in [1.29, 1.82) is 0 Å². The fourth-order valence-corrected chi connectivity index (χ4v) is 4.70. The van der Waals surface area contributed by atoms with Crippen LogP contribution in [0.25, 0.3) is 0 Å². The largest absolute Gasteiger partial charge is 0.493 e. The van der Waals surface area contributed by atoms with Gasteiger partial charge in [0.1, 0.15) is 5.75 Å². The van der Waals surface area contributed by atoms with Crippen LogP contribution in [0.3, 0.4) is 0 Å². The Morgan fingerprint density at radius 1 is 0.821 bits per heavy atom. The Balaban J connectivity index is 2.02. The molecule has 39 heavy (non-hydrogen) atoms. The molecule has 0 amide bonds. The van der Waals surface area contributed by atoms with Crippen LogP contribution in [0.15, 0.2) is 46.8 Å². The molecule has 0 fully saturated rings. The normalized spacial score (nSPS) is 13.6. The van der Waals surface area contributed by atoms with E-state index in [1.807, 2.05) is 24.3 Å². The summed E-state index contributed by atoms with van der Waals surface area (Å²) >= 11 is 0. The van der Waals surface area contributed by atoms with Crippen LogP contribution < -0.4 is 10.1 Å². The van der Waals surface area contributed by atoms with Crippen LogP contribution in [-0.4, -0.2) is 43.5 Å². The first-order valence-corrected chi connectivity index (χ1v) is 13.8. The Hall–Kier alpha value is -3.56. The number of nitrogens with zero attached hydrogens (tertiary/aromatic N) is 1. The van der Waals surface area contributed by atoms with Gasteiger partial charge >= 0.3 is 11.9 Å². The molecule has 0 radical (unpaired) electrons. The zero-order valence-electron chi connectivity index (χ0n) is 23.6. The zero-order chi connectivity index (χ0) is 28.6. The third-order valence-electron chi connectivity index (χ3n) is 6.47. The topological polar surface area (TPSA) is 126 Å². The lowest BCUT2D eigenvalue weighted by Crippen LogP contribution is -2.32. The molecular weight excluding hydrogens is 504 g/mol. The lowest BCUT2D eigenvalue weighted by atomic mass is 9.80. The van der Waals surface area contributed by atoms with Crippen molar-refractivity contribution in [2.45, 2.75) is 85.0 Å². The van der Waals surface area contributed by atoms with Gasteiger partial charge in [0, 0.05) is 17.0 Å². The van der Waals surface area contributed by atoms with Crippen LogP contribution in [0.4, 0.5) is 0 Å². The molecule has 2 rings (SSSR count). The van der Waals surface area contributed by atoms with Gasteiger partial charge in [-0.3, -0.25) is 0 Å². The van der Waals surface area contributed by atoms with Crippen molar-refractivity contribution in [2.24, 2.45) is 0 Å². The molecule has 216 valence electrons. The van der Waals surface area contributed by atoms with Gasteiger partial charge in [-0.05, 0) is 46.6 Å². The SMILES string of the molecule is CCOC(=O)C1=C(C)NC(C)=C(C(=O)OCC)C1c1ccccc1OCCCCCCCCCCO[N+](=O)[O-]. The fourth-order valence-electron chi connectivity index (χ4n) is 4.70. The van der Waals surface area contributed by atoms with Crippen molar-refractivity contribution in [1.82, 2.24) is 5.32 Å². The number of nitrogens with one attached hydrogen (secondary N) is 1. The first kappa shape index (κ1) is 31.7. The molecular formula is C29H42N2O8. The highest BCUT2D eigenvalue weighted by Gasteiger charge is 2.39. The maximum Gasteiger partial charge on any atom is 0.336 e. The summed E-state index contributed by atoms with van der Waals surface area (Å²) in [5.41, 5.74) is 2.70. The van der Waals surface area contributed by atoms with Gasteiger partial charge in [0.2, 0.25) is 0 Å². The van der Waals surface area contributed by atoms with Crippen LogP contribution >= 0.6 is 0 Å². The Morgan fingerprint density at radius 3 is 1.82 bits per heavy atom. The van der Waals surface area contributed by atoms with Gasteiger partial charge in [0.25, 0.3) is 5.09 Å². The molecule has 10 nitrogen and oxygen atoms in total. The van der Waals surface area contributed by atoms with Gasteiger partial charge < -0.3 is 24.4 Å². The average Bonchev–Trinajstić information content (AvgIpc) is 2.89. The molecule has 1 aromatic rings. The summed E-state index contributed by atoms with van der Waals surface area (Å²) in [6, 6.07) is 7.47. The highest BCUT2D eigenvalue weighted by atomic mass is 16.9. The van der Waals surface area contributed by atoms with Gasteiger partial charge in [0.15, 0.2) is 0 Å². The zero-order valence-corrected chi connectivity index (χ0v) is 23.6. The molecule has 0 bridgehead atoms. The monoisotopic (exact) mass is 546 g/mol. The number of ether oxygens (including phenoxy) is 3. The Bertz CT molecular complexity index is 994. The quantitative estimate of drug-likeness (QED) is 0.106. The maximum atomic E-state index is 13.1. The standard InChI is InChI=1S/C29H42N2O8/c1-5-36-28(32)25-21(3)30-22(4)26(29(33)37-6-2)27(25)23-17-13-14-18-24(23)38-19-15-11-9-7-8-10-12-16-20-39-31(34)35/h13-14,17-18,27,30H,5-12,15-16,19-20H2,1-4H3. The molecule has 0 saturated carbocycles. The smallest absolute Gasteiger partial charge is 0.336 e. The number of hydrogen-bond donors (Lipinski definition) is 1. The summed E-state index contributed by atoms with van der Waals surface area (Å²) in [6.07, 6.45) is 7.81. The van der Waals surface area contributed by atoms with Crippen LogP contribution in [0.1, 0.15) is 90.5 Å². The maximum absolute atomic E-state index is 13.1. The summed E-state index contributed by atoms with van der Waals surface area (Å²) in [5.74, 6) is -1.04. The predicted octanol–water partition coefficient (Wildman–Crippen LogP) is 5.76. The lowest BCUT2D eigenvalue weighted by molar-refractivity contribution is -0.757. The van der Waals surface area contributed by atoms with Crippen molar-refractivity contribution in [2.75, 3.05) is 26.4 Å². The summed E-state index contributed by atoms with van der Waals surface area (Å²) < 4.78 is 16.9. The van der Waals surface area contributed by atoms with E-state index >= 15 is 0 Å². The van der Waals surface area contributed by atoms with Gasteiger partial charge in [-0.2, -0.15) is 0 Å². The second kappa shape index (κ2) is 17.1. The number of esters is 2. The highest BCUT2D eigenvalue weighted by Crippen LogP contribution is 2.42. The van der Waals surface area contributed by atoms with E-state index in [-0.39, 0.29) is 19.8 Å². The van der Waals surface area contributed by atoms with E-state index in [2.05, 4.69) is 10.2 Å². The van der Waals surface area contributed by atoms with Crippen molar-refractivity contribution in [3.05, 3.63) is 62.5 Å². The van der Waals surface area contributed by atoms with Crippen molar-refractivity contribution < 1.29 is 33.7 Å². The number of benzene rings is 1. The number of rotatable bonds is 18. The molecule has 0 unspecified atom stereocenters. The minimum absolute atomic E-state index is 0.163. The minimum atomic E-state index is -0.749. The third kappa shape index (κ3) is 9.92. The molecule has 0 aromatic heterocycles. The van der Waals surface area contributed by atoms with E-state index in [4.69, 9.17) is 14.2 Å². The summed E-state index contributed by atoms with van der Waals surface area (Å²) in [4.78, 5) is 40.6. The highest BCUT2D eigenvalue weighted by molar-refractivity contribution is 6.00. The minimum Gasteiger partial charge on any atom is -0.493 e. The number of allylic oxidation sites excluding steroid dienone is 2. The molecule has 10 heteroatoms. The first-order valence-electron chi connectivity index (χ1n) is 13.8. The molecule has 0 spiro atoms. The van der Waals surface area contributed by atoms with Crippen LogP contribution in [-0.2, 0) is 23.9 Å². The number of unbranched alkanes of at least 4 members (excludes halogenated alkanes) is 7. The van der Waals surface area contributed by atoms with Crippen LogP contribution in [0, 0.1) is 10.1 Å². The van der Waals surface area contributed by atoms with E-state index in [9.17, 15) is 19.7 Å². The summed E-state index contributed by atoms with van der Waals surface area (Å²) in [7, 11) is 0. The molecule has 1 aromatic carbocycles. The molecule has 0 atom stereocenters. The second-order valence-electron chi connectivity index (χ2n) is 9.35. The molecule has 0 aliphatic carbocycles. The molecule has 1 aliphatic rings. The van der Waals surface area contributed by atoms with Crippen molar-refractivity contribution in [3.8, 4) is 5.75 Å². The molecule has 1 N–H and O–H groups in total. The van der Waals surface area contributed by atoms with E-state index < -0.39 is 22.9 Å². The average molecular weight is 547 g/mol. The summed E-state index contributed by atoms with van der Waals surface area (Å²) in [5, 5.41) is 12.5. The van der Waals surface area contributed by atoms with Crippen molar-refractivity contribution >= 4 is 11.9 Å². The van der Waals surface area contributed by atoms with E-state index in [1.54, 1.807) is 27.7 Å². The van der Waals surface area contributed by atoms with Gasteiger partial charge in [-0.25, -0.2) is 9.59 Å². The van der Waals surface area contributed by atoms with Gasteiger partial charge in [-0.15, -0.1) is 10.1 Å². The Labute approximate surface area is 230 Å². The van der Waals surface area contributed by atoms with Gasteiger partial charge in [0.05, 0.1) is 43.5 Å². The van der Waals surface area contributed by atoms with Gasteiger partial charge in [-0.1, -0.05) is 56.7 Å². The van der Waals surface area contributed by atoms with Crippen molar-refractivity contribution in [3.63, 3.8) is 0 Å². The Morgan fingerprint density at radius 2 is 1.31 bits per heavy atom. The Kier molecular flexibility index (Phi) is 13.9.